The van der Waals surface area contributed by atoms with Crippen LogP contribution in [0.1, 0.15) is 5.69 Å². The number of thioether (sulfide) groups is 1. The number of rotatable bonds is 3. The Balaban J connectivity index is 1.95. The lowest BCUT2D eigenvalue weighted by atomic mass is 10.3. The van der Waals surface area contributed by atoms with Crippen LogP contribution in [0.5, 0.6) is 0 Å². The van der Waals surface area contributed by atoms with Crippen LogP contribution < -0.4 is 0 Å². The molecular weight excluding hydrogens is 302 g/mol. The van der Waals surface area contributed by atoms with Gasteiger partial charge in [-0.3, -0.25) is 14.7 Å². The Labute approximate surface area is 131 Å². The number of aromatic nitrogens is 2. The van der Waals surface area contributed by atoms with Gasteiger partial charge in [-0.1, -0.05) is 42.2 Å². The molecule has 104 valence electrons. The number of para-hydroxylation sites is 2. The molecule has 6 heteroatoms. The van der Waals surface area contributed by atoms with Crippen molar-refractivity contribution in [1.82, 2.24) is 14.9 Å². The third-order valence-corrected chi connectivity index (χ3v) is 4.31. The Bertz CT molecular complexity index is 785. The van der Waals surface area contributed by atoms with Crippen molar-refractivity contribution in [2.45, 2.75) is 0 Å². The van der Waals surface area contributed by atoms with Crippen LogP contribution in [0, 0.1) is 0 Å². The lowest BCUT2D eigenvalue weighted by Gasteiger charge is -2.10. The lowest BCUT2D eigenvalue weighted by Crippen LogP contribution is -2.27. The standard InChI is InChI=1S/C15H11N3OS2/c1-2-7-18-14(19)13(21-15(18)20)8-10-9-16-11-5-3-4-6-12(11)17-10/h2-6,8-9H,1,7H2/b13-8-. The summed E-state index contributed by atoms with van der Waals surface area (Å²) in [6.45, 7) is 4.05. The number of nitrogens with zero attached hydrogens (tertiary/aromatic N) is 3. The first kappa shape index (κ1) is 13.9. The van der Waals surface area contributed by atoms with Crippen molar-refractivity contribution in [3.63, 3.8) is 0 Å². The minimum Gasteiger partial charge on any atom is -0.289 e. The van der Waals surface area contributed by atoms with Gasteiger partial charge in [0.15, 0.2) is 0 Å². The van der Waals surface area contributed by atoms with Crippen molar-refractivity contribution in [3.8, 4) is 0 Å². The van der Waals surface area contributed by atoms with Crippen LogP contribution in [0.15, 0.2) is 48.0 Å². The summed E-state index contributed by atoms with van der Waals surface area (Å²) in [6, 6.07) is 7.61. The van der Waals surface area contributed by atoms with Crippen LogP contribution >= 0.6 is 24.0 Å². The van der Waals surface area contributed by atoms with Crippen LogP contribution in [0.2, 0.25) is 0 Å². The number of carbonyl (C=O) groups is 1. The fourth-order valence-electron chi connectivity index (χ4n) is 1.96. The van der Waals surface area contributed by atoms with Gasteiger partial charge in [-0.25, -0.2) is 4.98 Å². The molecule has 4 nitrogen and oxygen atoms in total. The van der Waals surface area contributed by atoms with Gasteiger partial charge in [0.05, 0.1) is 27.8 Å². The van der Waals surface area contributed by atoms with E-state index in [9.17, 15) is 4.79 Å². The van der Waals surface area contributed by atoms with E-state index in [-0.39, 0.29) is 5.91 Å². The van der Waals surface area contributed by atoms with Gasteiger partial charge in [0.1, 0.15) is 4.32 Å². The number of amides is 1. The zero-order chi connectivity index (χ0) is 14.8. The van der Waals surface area contributed by atoms with E-state index in [0.29, 0.717) is 21.5 Å². The van der Waals surface area contributed by atoms with Gasteiger partial charge in [-0.05, 0) is 18.2 Å². The first-order valence-electron chi connectivity index (χ1n) is 6.27. The van der Waals surface area contributed by atoms with Crippen molar-refractivity contribution in [1.29, 1.82) is 0 Å². The van der Waals surface area contributed by atoms with Crippen molar-refractivity contribution in [2.24, 2.45) is 0 Å². The van der Waals surface area contributed by atoms with E-state index in [1.807, 2.05) is 24.3 Å². The van der Waals surface area contributed by atoms with Gasteiger partial charge >= 0.3 is 0 Å². The molecule has 1 aliphatic heterocycles. The van der Waals surface area contributed by atoms with E-state index < -0.39 is 0 Å². The van der Waals surface area contributed by atoms with E-state index in [4.69, 9.17) is 12.2 Å². The second-order valence-electron chi connectivity index (χ2n) is 4.36. The lowest BCUT2D eigenvalue weighted by molar-refractivity contribution is -0.121. The topological polar surface area (TPSA) is 46.1 Å². The highest BCUT2D eigenvalue weighted by Crippen LogP contribution is 2.32. The number of benzene rings is 1. The van der Waals surface area contributed by atoms with E-state index in [2.05, 4.69) is 16.5 Å². The average Bonchev–Trinajstić information content (AvgIpc) is 2.75. The van der Waals surface area contributed by atoms with Crippen LogP contribution in [0.25, 0.3) is 17.1 Å². The van der Waals surface area contributed by atoms with Gasteiger partial charge in [0.25, 0.3) is 5.91 Å². The smallest absolute Gasteiger partial charge is 0.266 e. The fraction of sp³-hybridized carbons (Fsp3) is 0.0667. The first-order valence-corrected chi connectivity index (χ1v) is 7.49. The molecule has 1 saturated heterocycles. The molecule has 0 spiro atoms. The van der Waals surface area contributed by atoms with Gasteiger partial charge in [0.2, 0.25) is 0 Å². The Kier molecular flexibility index (Phi) is 3.81. The molecular formula is C15H11N3OS2. The molecule has 0 atom stereocenters. The van der Waals surface area contributed by atoms with Crippen molar-refractivity contribution >= 4 is 51.3 Å². The number of thiocarbonyl (C=S) groups is 1. The third kappa shape index (κ3) is 2.72. The number of hydrogen-bond acceptors (Lipinski definition) is 5. The second kappa shape index (κ2) is 5.75. The number of hydrogen-bond donors (Lipinski definition) is 0. The first-order chi connectivity index (χ1) is 10.2. The molecule has 0 aliphatic carbocycles. The zero-order valence-electron chi connectivity index (χ0n) is 11.0. The van der Waals surface area contributed by atoms with Crippen molar-refractivity contribution in [2.75, 3.05) is 6.54 Å². The van der Waals surface area contributed by atoms with Crippen LogP contribution in [-0.4, -0.2) is 31.6 Å². The molecule has 2 heterocycles. The predicted octanol–water partition coefficient (Wildman–Crippen LogP) is 3.02. The summed E-state index contributed by atoms with van der Waals surface area (Å²) in [5.74, 6) is -0.111. The molecule has 1 aromatic carbocycles. The molecule has 3 rings (SSSR count). The highest BCUT2D eigenvalue weighted by Gasteiger charge is 2.31. The van der Waals surface area contributed by atoms with Gasteiger partial charge in [-0.15, -0.1) is 6.58 Å². The summed E-state index contributed by atoms with van der Waals surface area (Å²) in [5.41, 5.74) is 2.27. The fourth-order valence-corrected chi connectivity index (χ4v) is 3.22. The highest BCUT2D eigenvalue weighted by molar-refractivity contribution is 8.26. The third-order valence-electron chi connectivity index (χ3n) is 2.93. The molecule has 0 unspecified atom stereocenters. The Morgan fingerprint density at radius 3 is 2.86 bits per heavy atom. The molecule has 1 amide bonds. The summed E-state index contributed by atoms with van der Waals surface area (Å²) >= 11 is 6.47. The molecule has 0 saturated carbocycles. The maximum atomic E-state index is 12.2. The monoisotopic (exact) mass is 313 g/mol. The molecule has 1 fully saturated rings. The quantitative estimate of drug-likeness (QED) is 0.495. The zero-order valence-corrected chi connectivity index (χ0v) is 12.7. The van der Waals surface area contributed by atoms with E-state index >= 15 is 0 Å². The van der Waals surface area contributed by atoms with E-state index in [1.54, 1.807) is 18.3 Å². The minimum absolute atomic E-state index is 0.111. The SMILES string of the molecule is C=CCN1C(=O)/C(=C/c2cnc3ccccc3n2)SC1=S. The molecule has 0 radical (unpaired) electrons. The highest BCUT2D eigenvalue weighted by atomic mass is 32.2. The second-order valence-corrected chi connectivity index (χ2v) is 6.04. The maximum absolute atomic E-state index is 12.2. The summed E-state index contributed by atoms with van der Waals surface area (Å²) in [7, 11) is 0. The van der Waals surface area contributed by atoms with Crippen LogP contribution in [0.3, 0.4) is 0 Å². The Morgan fingerprint density at radius 2 is 2.10 bits per heavy atom. The van der Waals surface area contributed by atoms with Crippen molar-refractivity contribution in [3.05, 3.63) is 53.7 Å². The normalized spacial score (nSPS) is 17.0. The molecule has 0 bridgehead atoms. The molecule has 0 N–H and O–H groups in total. The molecule has 2 aromatic rings. The summed E-state index contributed by atoms with van der Waals surface area (Å²) in [6.07, 6.45) is 5.04. The van der Waals surface area contributed by atoms with Crippen LogP contribution in [0.4, 0.5) is 0 Å². The van der Waals surface area contributed by atoms with Gasteiger partial charge in [0, 0.05) is 6.54 Å². The average molecular weight is 313 g/mol. The maximum Gasteiger partial charge on any atom is 0.266 e. The molecule has 1 aromatic heterocycles. The van der Waals surface area contributed by atoms with E-state index in [0.717, 1.165) is 11.0 Å². The Hall–Kier alpha value is -2.05. The van der Waals surface area contributed by atoms with Crippen LogP contribution in [-0.2, 0) is 4.79 Å². The van der Waals surface area contributed by atoms with E-state index in [1.165, 1.54) is 16.7 Å². The number of carbonyl (C=O) groups excluding carboxylic acids is 1. The predicted molar refractivity (Wildman–Crippen MR) is 89.6 cm³/mol. The van der Waals surface area contributed by atoms with Gasteiger partial charge in [-0.2, -0.15) is 0 Å². The summed E-state index contributed by atoms with van der Waals surface area (Å²) in [5, 5.41) is 0. The molecule has 21 heavy (non-hydrogen) atoms. The van der Waals surface area contributed by atoms with Crippen molar-refractivity contribution < 1.29 is 4.79 Å². The minimum atomic E-state index is -0.111. The largest absolute Gasteiger partial charge is 0.289 e. The van der Waals surface area contributed by atoms with Gasteiger partial charge < -0.3 is 0 Å². The Morgan fingerprint density at radius 1 is 1.33 bits per heavy atom. The summed E-state index contributed by atoms with van der Waals surface area (Å²) < 4.78 is 0.542. The number of fused-ring (bicyclic) bond motifs is 1. The summed E-state index contributed by atoms with van der Waals surface area (Å²) in [4.78, 5) is 23.1. The molecule has 1 aliphatic rings.